The summed E-state index contributed by atoms with van der Waals surface area (Å²) in [5.74, 6) is -3.00. The SMILES string of the molecule is O=C([O-])CC/C(=N/NC(=O)CNC(=O)c1cccc(F)c1)c1ccccc1. The number of nitrogens with zero attached hydrogens (tertiary/aromatic N) is 1. The quantitative estimate of drug-likeness (QED) is 0.524. The van der Waals surface area contributed by atoms with Gasteiger partial charge in [0.2, 0.25) is 0 Å². The molecule has 2 N–H and O–H groups in total. The highest BCUT2D eigenvalue weighted by molar-refractivity contribution is 6.02. The number of rotatable bonds is 8. The van der Waals surface area contributed by atoms with Crippen LogP contribution in [0, 0.1) is 5.82 Å². The van der Waals surface area contributed by atoms with Crippen LogP contribution in [0.25, 0.3) is 0 Å². The van der Waals surface area contributed by atoms with Crippen LogP contribution in [0.2, 0.25) is 0 Å². The molecule has 0 heterocycles. The summed E-state index contributed by atoms with van der Waals surface area (Å²) in [4.78, 5) is 34.4. The number of hydrogen-bond acceptors (Lipinski definition) is 5. The number of halogens is 1. The lowest BCUT2D eigenvalue weighted by Gasteiger charge is -2.09. The summed E-state index contributed by atoms with van der Waals surface area (Å²) in [7, 11) is 0. The molecule has 0 aliphatic rings. The van der Waals surface area contributed by atoms with Gasteiger partial charge in [0.15, 0.2) is 0 Å². The van der Waals surface area contributed by atoms with Gasteiger partial charge >= 0.3 is 0 Å². The molecule has 27 heavy (non-hydrogen) atoms. The monoisotopic (exact) mass is 370 g/mol. The number of carboxylic acids is 1. The van der Waals surface area contributed by atoms with Crippen LogP contribution >= 0.6 is 0 Å². The Morgan fingerprint density at radius 2 is 1.67 bits per heavy atom. The Balaban J connectivity index is 1.95. The van der Waals surface area contributed by atoms with Crippen LogP contribution in [0.1, 0.15) is 28.8 Å². The van der Waals surface area contributed by atoms with Crippen LogP contribution in [-0.2, 0) is 9.59 Å². The summed E-state index contributed by atoms with van der Waals surface area (Å²) in [6.07, 6.45) is -0.178. The number of benzene rings is 2. The van der Waals surface area contributed by atoms with Gasteiger partial charge < -0.3 is 15.2 Å². The molecule has 7 nitrogen and oxygen atoms in total. The number of nitrogens with one attached hydrogen (secondary N) is 2. The molecular formula is C19H17FN3O4-. The maximum atomic E-state index is 13.1. The molecule has 2 rings (SSSR count). The van der Waals surface area contributed by atoms with Gasteiger partial charge in [0, 0.05) is 11.5 Å². The van der Waals surface area contributed by atoms with Crippen LogP contribution in [0.3, 0.4) is 0 Å². The van der Waals surface area contributed by atoms with E-state index in [1.54, 1.807) is 30.3 Å². The van der Waals surface area contributed by atoms with E-state index in [1.807, 2.05) is 0 Å². The first-order chi connectivity index (χ1) is 13.0. The first-order valence-corrected chi connectivity index (χ1v) is 8.10. The molecule has 2 aromatic carbocycles. The standard InChI is InChI=1S/C19H18FN3O4/c20-15-8-4-7-14(11-15)19(27)21-12-17(24)23-22-16(9-10-18(25)26)13-5-2-1-3-6-13/h1-8,11H,9-10,12H2,(H,21,27)(H,23,24)(H,25,26)/p-1/b22-16-. The fourth-order valence-electron chi connectivity index (χ4n) is 2.18. The minimum Gasteiger partial charge on any atom is -0.550 e. The zero-order valence-corrected chi connectivity index (χ0v) is 14.3. The molecular weight excluding hydrogens is 353 g/mol. The van der Waals surface area contributed by atoms with E-state index < -0.39 is 23.6 Å². The second kappa shape index (κ2) is 9.81. The number of carbonyl (C=O) groups excluding carboxylic acids is 3. The summed E-state index contributed by atoms with van der Waals surface area (Å²) in [6, 6.07) is 13.8. The predicted molar refractivity (Wildman–Crippen MR) is 94.1 cm³/mol. The molecule has 140 valence electrons. The molecule has 0 unspecified atom stereocenters. The Kier molecular flexibility index (Phi) is 7.18. The average Bonchev–Trinajstić information content (AvgIpc) is 2.66. The second-order valence-electron chi connectivity index (χ2n) is 5.52. The van der Waals surface area contributed by atoms with Crippen LogP contribution in [0.15, 0.2) is 59.7 Å². The molecule has 0 atom stereocenters. The van der Waals surface area contributed by atoms with Gasteiger partial charge in [0.1, 0.15) is 5.82 Å². The summed E-state index contributed by atoms with van der Waals surface area (Å²) in [6.45, 7) is -0.374. The van der Waals surface area contributed by atoms with E-state index in [0.717, 1.165) is 6.07 Å². The molecule has 2 aromatic rings. The van der Waals surface area contributed by atoms with E-state index in [0.29, 0.717) is 11.3 Å². The van der Waals surface area contributed by atoms with Gasteiger partial charge in [-0.05, 0) is 36.6 Å². The Labute approximate surface area is 154 Å². The number of carbonyl (C=O) groups is 3. The number of hydrazone groups is 1. The summed E-state index contributed by atoms with van der Waals surface area (Å²) < 4.78 is 13.1. The molecule has 0 fully saturated rings. The average molecular weight is 370 g/mol. The van der Waals surface area contributed by atoms with E-state index in [1.165, 1.54) is 18.2 Å². The number of amides is 2. The highest BCUT2D eigenvalue weighted by Crippen LogP contribution is 2.06. The van der Waals surface area contributed by atoms with Crippen molar-refractivity contribution in [2.75, 3.05) is 6.54 Å². The smallest absolute Gasteiger partial charge is 0.259 e. The molecule has 0 bridgehead atoms. The summed E-state index contributed by atoms with van der Waals surface area (Å²) >= 11 is 0. The number of hydrogen-bond donors (Lipinski definition) is 2. The molecule has 0 radical (unpaired) electrons. The van der Waals surface area contributed by atoms with Crippen molar-refractivity contribution in [3.05, 3.63) is 71.5 Å². The third-order valence-electron chi connectivity index (χ3n) is 3.48. The van der Waals surface area contributed by atoms with E-state index in [9.17, 15) is 23.9 Å². The predicted octanol–water partition coefficient (Wildman–Crippen LogP) is 0.606. The van der Waals surface area contributed by atoms with Gasteiger partial charge in [-0.15, -0.1) is 0 Å². The lowest BCUT2D eigenvalue weighted by atomic mass is 10.1. The van der Waals surface area contributed by atoms with E-state index in [2.05, 4.69) is 15.8 Å². The van der Waals surface area contributed by atoms with Gasteiger partial charge in [-0.1, -0.05) is 36.4 Å². The zero-order valence-electron chi connectivity index (χ0n) is 14.3. The molecule has 0 aromatic heterocycles. The van der Waals surface area contributed by atoms with Crippen LogP contribution in [0.4, 0.5) is 4.39 Å². The van der Waals surface area contributed by atoms with E-state index in [-0.39, 0.29) is 24.9 Å². The number of aliphatic carboxylic acids is 1. The van der Waals surface area contributed by atoms with Crippen molar-refractivity contribution in [2.24, 2.45) is 5.10 Å². The second-order valence-corrected chi connectivity index (χ2v) is 5.52. The van der Waals surface area contributed by atoms with E-state index in [4.69, 9.17) is 0 Å². The van der Waals surface area contributed by atoms with Gasteiger partial charge in [0.05, 0.1) is 12.3 Å². The third kappa shape index (κ3) is 6.69. The maximum absolute atomic E-state index is 13.1. The van der Waals surface area contributed by atoms with Gasteiger partial charge in [-0.25, -0.2) is 9.82 Å². The Hall–Kier alpha value is -3.55. The Bertz CT molecular complexity index is 853. The Morgan fingerprint density at radius 3 is 2.33 bits per heavy atom. The van der Waals surface area contributed by atoms with Crippen molar-refractivity contribution in [3.8, 4) is 0 Å². The van der Waals surface area contributed by atoms with Crippen LogP contribution in [0.5, 0.6) is 0 Å². The minimum atomic E-state index is -1.23. The van der Waals surface area contributed by atoms with Crippen LogP contribution < -0.4 is 15.8 Å². The third-order valence-corrected chi connectivity index (χ3v) is 3.48. The largest absolute Gasteiger partial charge is 0.550 e. The highest BCUT2D eigenvalue weighted by Gasteiger charge is 2.09. The summed E-state index contributed by atoms with van der Waals surface area (Å²) in [5.41, 5.74) is 3.38. The van der Waals surface area contributed by atoms with Crippen molar-refractivity contribution in [1.82, 2.24) is 10.7 Å². The van der Waals surface area contributed by atoms with Crippen molar-refractivity contribution in [3.63, 3.8) is 0 Å². The lowest BCUT2D eigenvalue weighted by molar-refractivity contribution is -0.305. The molecule has 0 aliphatic carbocycles. The zero-order chi connectivity index (χ0) is 19.6. The molecule has 8 heteroatoms. The minimum absolute atomic E-state index is 0.0717. The van der Waals surface area contributed by atoms with Crippen molar-refractivity contribution >= 4 is 23.5 Å². The molecule has 0 aliphatic heterocycles. The maximum Gasteiger partial charge on any atom is 0.259 e. The normalized spacial score (nSPS) is 10.9. The lowest BCUT2D eigenvalue weighted by Crippen LogP contribution is -2.35. The van der Waals surface area contributed by atoms with Crippen molar-refractivity contribution in [2.45, 2.75) is 12.8 Å². The fraction of sp³-hybridized carbons (Fsp3) is 0.158. The topological polar surface area (TPSA) is 111 Å². The van der Waals surface area contributed by atoms with Crippen molar-refractivity contribution < 1.29 is 23.9 Å². The fourth-order valence-corrected chi connectivity index (χ4v) is 2.18. The summed E-state index contributed by atoms with van der Waals surface area (Å²) in [5, 5.41) is 17.0. The van der Waals surface area contributed by atoms with E-state index >= 15 is 0 Å². The first kappa shape index (κ1) is 19.8. The molecule has 0 spiro atoms. The van der Waals surface area contributed by atoms with Crippen molar-refractivity contribution in [1.29, 1.82) is 0 Å². The highest BCUT2D eigenvalue weighted by atomic mass is 19.1. The van der Waals surface area contributed by atoms with Gasteiger partial charge in [-0.2, -0.15) is 5.10 Å². The van der Waals surface area contributed by atoms with Gasteiger partial charge in [-0.3, -0.25) is 9.59 Å². The first-order valence-electron chi connectivity index (χ1n) is 8.10. The number of carboxylic acid groups (broad SMARTS) is 1. The molecule has 2 amide bonds. The Morgan fingerprint density at radius 1 is 0.963 bits per heavy atom. The molecule has 0 saturated heterocycles. The van der Waals surface area contributed by atoms with Crippen LogP contribution in [-0.4, -0.2) is 30.0 Å². The molecule has 0 saturated carbocycles. The van der Waals surface area contributed by atoms with Gasteiger partial charge in [0.25, 0.3) is 11.8 Å².